The summed E-state index contributed by atoms with van der Waals surface area (Å²) in [4.78, 5) is 22.3. The van der Waals surface area contributed by atoms with E-state index in [9.17, 15) is 19.3 Å². The summed E-state index contributed by atoms with van der Waals surface area (Å²) in [5.41, 5.74) is 1.48. The minimum absolute atomic E-state index is 0.0686. The number of aromatic nitrogens is 3. The van der Waals surface area contributed by atoms with Gasteiger partial charge in [-0.05, 0) is 35.4 Å². The Balaban J connectivity index is 1.52. The average Bonchev–Trinajstić information content (AvgIpc) is 3.22. The number of hydrogen-bond donors (Lipinski definition) is 0. The molecule has 0 aliphatic rings. The van der Waals surface area contributed by atoms with Crippen molar-refractivity contribution in [3.05, 3.63) is 160 Å². The van der Waals surface area contributed by atoms with Crippen LogP contribution in [0.3, 0.4) is 0 Å². The number of nitrogens with zero attached hydrogens (tertiary/aromatic N) is 7. The van der Waals surface area contributed by atoms with Crippen LogP contribution >= 0.6 is 0 Å². The van der Waals surface area contributed by atoms with Crippen molar-refractivity contribution in [3.63, 3.8) is 0 Å². The Morgan fingerprint density at radius 3 is 1.76 bits per heavy atom. The van der Waals surface area contributed by atoms with Gasteiger partial charge in [-0.2, -0.15) is 10.5 Å². The SMILES string of the molecule is [C-]#[N+]c1ccc(-c2nc3c([N+]#[C-])cc4c(-c5ccccc5-c5c(F)c(F)c(C#N)c(F)c5F)nc5ccccc5c4c3nc2-c2ccc(C#N)cc2)cc1. The third-order valence-corrected chi connectivity index (χ3v) is 9.09. The van der Waals surface area contributed by atoms with Crippen LogP contribution in [0.2, 0.25) is 0 Å². The van der Waals surface area contributed by atoms with Gasteiger partial charge in [0.1, 0.15) is 11.6 Å². The second-order valence-corrected chi connectivity index (χ2v) is 12.0. The zero-order valence-electron chi connectivity index (χ0n) is 27.5. The second kappa shape index (κ2) is 13.0. The Morgan fingerprint density at radius 2 is 1.15 bits per heavy atom. The average molecular weight is 708 g/mol. The molecule has 7 nitrogen and oxygen atoms in total. The number of pyridine rings is 1. The number of para-hydroxylation sites is 1. The number of halogens is 4. The summed E-state index contributed by atoms with van der Waals surface area (Å²) < 4.78 is 61.1. The van der Waals surface area contributed by atoms with Crippen LogP contribution in [0.4, 0.5) is 28.9 Å². The molecule has 6 aromatic carbocycles. The van der Waals surface area contributed by atoms with Crippen molar-refractivity contribution in [1.29, 1.82) is 10.5 Å². The maximum atomic E-state index is 15.6. The predicted molar refractivity (Wildman–Crippen MR) is 196 cm³/mol. The standard InChI is InChI=1S/C43H17F4N7/c1-50-25-17-15-24(16-18-25)39-40(23-13-11-22(20-48)12-14-23)54-43-33-28-9-5-6-10-31(28)52-41(29(33)19-32(51-2)42(43)53-39)27-8-4-3-7-26(27)34-37(46)35(44)30(21-49)36(45)38(34)47/h3-19H. The fourth-order valence-corrected chi connectivity index (χ4v) is 6.58. The molecular weight excluding hydrogens is 691 g/mol. The van der Waals surface area contributed by atoms with Crippen molar-refractivity contribution < 1.29 is 17.6 Å². The molecule has 0 bridgehead atoms. The Hall–Kier alpha value is -7.99. The molecule has 2 heterocycles. The molecule has 0 amide bonds. The monoisotopic (exact) mass is 707 g/mol. The highest BCUT2D eigenvalue weighted by atomic mass is 19.2. The Labute approximate surface area is 303 Å². The third kappa shape index (κ3) is 5.13. The molecule has 0 radical (unpaired) electrons. The summed E-state index contributed by atoms with van der Waals surface area (Å²) in [7, 11) is 0. The molecule has 252 valence electrons. The van der Waals surface area contributed by atoms with Crippen molar-refractivity contribution >= 4 is 44.1 Å². The lowest BCUT2D eigenvalue weighted by Gasteiger charge is -2.18. The van der Waals surface area contributed by atoms with Gasteiger partial charge in [-0.3, -0.25) is 4.98 Å². The van der Waals surface area contributed by atoms with Gasteiger partial charge in [0.15, 0.2) is 29.0 Å². The van der Waals surface area contributed by atoms with Crippen LogP contribution in [0.5, 0.6) is 0 Å². The zero-order valence-corrected chi connectivity index (χ0v) is 27.5. The normalized spacial score (nSPS) is 10.9. The van der Waals surface area contributed by atoms with Gasteiger partial charge in [0.05, 0.1) is 64.0 Å². The number of benzene rings is 6. The van der Waals surface area contributed by atoms with Gasteiger partial charge in [-0.1, -0.05) is 78.9 Å². The summed E-state index contributed by atoms with van der Waals surface area (Å²) in [6.45, 7) is 15.6. The first kappa shape index (κ1) is 33.2. The predicted octanol–water partition coefficient (Wildman–Crippen LogP) is 11.4. The number of fused-ring (bicyclic) bond motifs is 5. The van der Waals surface area contributed by atoms with Crippen LogP contribution in [0.15, 0.2) is 103 Å². The minimum Gasteiger partial charge on any atom is -0.255 e. The maximum absolute atomic E-state index is 15.6. The molecule has 0 atom stereocenters. The number of nitriles is 2. The lowest BCUT2D eigenvalue weighted by atomic mass is 9.91. The van der Waals surface area contributed by atoms with Crippen LogP contribution in [-0.2, 0) is 0 Å². The molecule has 11 heteroatoms. The summed E-state index contributed by atoms with van der Waals surface area (Å²) in [5, 5.41) is 20.1. The van der Waals surface area contributed by atoms with E-state index < -0.39 is 34.4 Å². The highest BCUT2D eigenvalue weighted by molar-refractivity contribution is 6.24. The maximum Gasteiger partial charge on any atom is 0.215 e. The van der Waals surface area contributed by atoms with Gasteiger partial charge < -0.3 is 0 Å². The van der Waals surface area contributed by atoms with Crippen molar-refractivity contribution in [3.8, 4) is 57.0 Å². The molecule has 8 rings (SSSR count). The van der Waals surface area contributed by atoms with E-state index in [4.69, 9.17) is 28.1 Å². The fraction of sp³-hybridized carbons (Fsp3) is 0. The van der Waals surface area contributed by atoms with Crippen LogP contribution in [0.1, 0.15) is 11.1 Å². The largest absolute Gasteiger partial charge is 0.255 e. The first-order valence-corrected chi connectivity index (χ1v) is 16.1. The molecule has 0 saturated heterocycles. The molecule has 0 saturated carbocycles. The molecule has 0 unspecified atom stereocenters. The van der Waals surface area contributed by atoms with Crippen molar-refractivity contribution in [2.24, 2.45) is 0 Å². The van der Waals surface area contributed by atoms with Gasteiger partial charge in [0, 0.05) is 27.3 Å². The van der Waals surface area contributed by atoms with E-state index in [-0.39, 0.29) is 28.0 Å². The Kier molecular flexibility index (Phi) is 7.96. The van der Waals surface area contributed by atoms with Crippen LogP contribution in [-0.4, -0.2) is 15.0 Å². The van der Waals surface area contributed by atoms with E-state index in [0.717, 1.165) is 0 Å². The molecule has 54 heavy (non-hydrogen) atoms. The zero-order chi connectivity index (χ0) is 37.7. The first-order chi connectivity index (χ1) is 26.3. The van der Waals surface area contributed by atoms with E-state index in [1.54, 1.807) is 78.9 Å². The topological polar surface area (TPSA) is 95.0 Å². The molecule has 0 spiro atoms. The Bertz CT molecular complexity index is 3050. The lowest BCUT2D eigenvalue weighted by Crippen LogP contribution is -2.05. The first-order valence-electron chi connectivity index (χ1n) is 16.1. The van der Waals surface area contributed by atoms with E-state index in [0.29, 0.717) is 61.0 Å². The molecule has 0 aliphatic carbocycles. The third-order valence-electron chi connectivity index (χ3n) is 9.09. The van der Waals surface area contributed by atoms with Crippen molar-refractivity contribution in [2.45, 2.75) is 0 Å². The minimum atomic E-state index is -1.83. The van der Waals surface area contributed by atoms with E-state index in [1.165, 1.54) is 24.3 Å². The van der Waals surface area contributed by atoms with Crippen LogP contribution in [0, 0.1) is 59.1 Å². The number of rotatable bonds is 4. The van der Waals surface area contributed by atoms with Crippen LogP contribution < -0.4 is 0 Å². The molecular formula is C43H17F4N7. The van der Waals surface area contributed by atoms with Gasteiger partial charge in [0.2, 0.25) is 5.69 Å². The molecule has 2 aromatic heterocycles. The molecule has 0 N–H and O–H groups in total. The Morgan fingerprint density at radius 1 is 0.556 bits per heavy atom. The summed E-state index contributed by atoms with van der Waals surface area (Å²) in [6.07, 6.45) is 0. The van der Waals surface area contributed by atoms with Crippen molar-refractivity contribution in [1.82, 2.24) is 15.0 Å². The highest BCUT2D eigenvalue weighted by Gasteiger charge is 2.29. The molecule has 0 fully saturated rings. The highest BCUT2D eigenvalue weighted by Crippen LogP contribution is 2.45. The van der Waals surface area contributed by atoms with Crippen LogP contribution in [0.25, 0.3) is 87.3 Å². The lowest BCUT2D eigenvalue weighted by molar-refractivity contribution is 0.454. The quantitative estimate of drug-likeness (QED) is 0.0785. The van der Waals surface area contributed by atoms with Gasteiger partial charge >= 0.3 is 0 Å². The summed E-state index contributed by atoms with van der Waals surface area (Å²) in [6, 6.07) is 31.2. The smallest absolute Gasteiger partial charge is 0.215 e. The summed E-state index contributed by atoms with van der Waals surface area (Å²) in [5.74, 6) is -7.15. The van der Waals surface area contributed by atoms with E-state index in [1.807, 2.05) is 6.07 Å². The van der Waals surface area contributed by atoms with Gasteiger partial charge in [0.25, 0.3) is 0 Å². The van der Waals surface area contributed by atoms with Gasteiger partial charge in [-0.25, -0.2) is 37.2 Å². The van der Waals surface area contributed by atoms with E-state index in [2.05, 4.69) is 15.8 Å². The van der Waals surface area contributed by atoms with Gasteiger partial charge in [-0.15, -0.1) is 0 Å². The number of hydrogen-bond acceptors (Lipinski definition) is 5. The molecule has 8 aromatic rings. The van der Waals surface area contributed by atoms with Crippen molar-refractivity contribution in [2.75, 3.05) is 0 Å². The van der Waals surface area contributed by atoms with E-state index >= 15 is 8.78 Å². The fourth-order valence-electron chi connectivity index (χ4n) is 6.58. The second-order valence-electron chi connectivity index (χ2n) is 12.0. The molecule has 0 aliphatic heterocycles. The summed E-state index contributed by atoms with van der Waals surface area (Å²) >= 11 is 0.